The fourth-order valence-electron chi connectivity index (χ4n) is 5.20. The number of benzene rings is 4. The van der Waals surface area contributed by atoms with Gasteiger partial charge < -0.3 is 0 Å². The van der Waals surface area contributed by atoms with Crippen molar-refractivity contribution in [3.05, 3.63) is 83.4 Å². The Hall–Kier alpha value is -2.60. The summed E-state index contributed by atoms with van der Waals surface area (Å²) in [5.41, 5.74) is 7.66. The monoisotopic (exact) mass is 348 g/mol. The molecule has 2 aliphatic carbocycles. The van der Waals surface area contributed by atoms with Crippen LogP contribution < -0.4 is 0 Å². The molecule has 0 N–H and O–H groups in total. The molecule has 6 rings (SSSR count). The highest BCUT2D eigenvalue weighted by atomic mass is 14.5. The van der Waals surface area contributed by atoms with Crippen LogP contribution in [0.5, 0.6) is 0 Å². The first-order chi connectivity index (χ1) is 13.2. The third kappa shape index (κ3) is 2.16. The van der Waals surface area contributed by atoms with E-state index in [0.29, 0.717) is 11.8 Å². The van der Waals surface area contributed by atoms with E-state index in [9.17, 15) is 0 Å². The summed E-state index contributed by atoms with van der Waals surface area (Å²) in [5, 5.41) is 5.56. The van der Waals surface area contributed by atoms with Crippen LogP contribution in [0, 0.1) is 0 Å². The molecule has 0 aromatic heterocycles. The molecule has 0 heteroatoms. The van der Waals surface area contributed by atoms with Crippen LogP contribution >= 0.6 is 0 Å². The molecule has 1 saturated carbocycles. The average molecular weight is 348 g/mol. The van der Waals surface area contributed by atoms with E-state index in [1.54, 1.807) is 11.1 Å². The summed E-state index contributed by atoms with van der Waals surface area (Å²) >= 11 is 0. The van der Waals surface area contributed by atoms with Crippen molar-refractivity contribution in [2.24, 2.45) is 0 Å². The predicted molar refractivity (Wildman–Crippen MR) is 116 cm³/mol. The molecule has 0 amide bonds. The molecule has 2 aliphatic rings. The summed E-state index contributed by atoms with van der Waals surface area (Å²) < 4.78 is 0. The van der Waals surface area contributed by atoms with Gasteiger partial charge in [-0.1, -0.05) is 68.4 Å². The number of rotatable bonds is 2. The van der Waals surface area contributed by atoms with Crippen molar-refractivity contribution >= 4 is 21.5 Å². The summed E-state index contributed by atoms with van der Waals surface area (Å²) in [6, 6.07) is 25.6. The predicted octanol–water partition coefficient (Wildman–Crippen LogP) is 7.76. The third-order valence-electron chi connectivity index (χ3n) is 7.04. The minimum Gasteiger partial charge on any atom is -0.0648 e. The van der Waals surface area contributed by atoms with Gasteiger partial charge in [0.1, 0.15) is 0 Å². The molecule has 0 spiro atoms. The Morgan fingerprint density at radius 1 is 0.815 bits per heavy atom. The van der Waals surface area contributed by atoms with Gasteiger partial charge in [0.05, 0.1) is 0 Å². The molecule has 4 aromatic rings. The van der Waals surface area contributed by atoms with Gasteiger partial charge in [-0.2, -0.15) is 0 Å². The van der Waals surface area contributed by atoms with E-state index in [2.05, 4.69) is 80.6 Å². The van der Waals surface area contributed by atoms with Crippen molar-refractivity contribution in [1.29, 1.82) is 0 Å². The quantitative estimate of drug-likeness (QED) is 0.325. The van der Waals surface area contributed by atoms with E-state index in [0.717, 1.165) is 5.92 Å². The van der Waals surface area contributed by atoms with Gasteiger partial charge in [-0.3, -0.25) is 0 Å². The summed E-state index contributed by atoms with van der Waals surface area (Å²) in [4.78, 5) is 0. The average Bonchev–Trinajstić information content (AvgIpc) is 3.51. The topological polar surface area (TPSA) is 0 Å². The van der Waals surface area contributed by atoms with E-state index in [1.165, 1.54) is 51.1 Å². The van der Waals surface area contributed by atoms with E-state index < -0.39 is 0 Å². The van der Waals surface area contributed by atoms with Crippen molar-refractivity contribution in [2.75, 3.05) is 0 Å². The highest BCUT2D eigenvalue weighted by Gasteiger charge is 2.46. The van der Waals surface area contributed by atoms with Crippen molar-refractivity contribution in [1.82, 2.24) is 0 Å². The maximum atomic E-state index is 2.49. The Bertz CT molecular complexity index is 1210. The van der Waals surface area contributed by atoms with Crippen LogP contribution in [0.25, 0.3) is 32.7 Å². The molecule has 0 saturated heterocycles. The zero-order valence-electron chi connectivity index (χ0n) is 16.0. The molecule has 1 fully saturated rings. The Morgan fingerprint density at radius 3 is 2.44 bits per heavy atom. The van der Waals surface area contributed by atoms with Crippen LogP contribution in [-0.2, 0) is 0 Å². The van der Waals surface area contributed by atoms with Crippen LogP contribution in [0.2, 0.25) is 0 Å². The van der Waals surface area contributed by atoms with Gasteiger partial charge in [-0.05, 0) is 92.1 Å². The Balaban J connectivity index is 1.65. The first kappa shape index (κ1) is 15.5. The van der Waals surface area contributed by atoms with Crippen LogP contribution in [0.1, 0.15) is 61.1 Å². The summed E-state index contributed by atoms with van der Waals surface area (Å²) in [5.74, 6) is 2.07. The van der Waals surface area contributed by atoms with Crippen molar-refractivity contribution in [2.45, 2.75) is 44.4 Å². The highest BCUT2D eigenvalue weighted by molar-refractivity contribution is 6.03. The second kappa shape index (κ2) is 5.45. The molecule has 4 aromatic carbocycles. The molecule has 0 radical (unpaired) electrons. The van der Waals surface area contributed by atoms with E-state index in [-0.39, 0.29) is 0 Å². The molecule has 27 heavy (non-hydrogen) atoms. The zero-order valence-corrected chi connectivity index (χ0v) is 16.0. The maximum Gasteiger partial charge on any atom is -0.00743 e. The zero-order chi connectivity index (χ0) is 18.1. The van der Waals surface area contributed by atoms with Crippen molar-refractivity contribution in [3.8, 4) is 11.1 Å². The molecule has 0 aliphatic heterocycles. The second-order valence-electron chi connectivity index (χ2n) is 8.55. The fraction of sp³-hybridized carbons (Fsp3) is 0.259. The van der Waals surface area contributed by atoms with Gasteiger partial charge in [0.15, 0.2) is 0 Å². The van der Waals surface area contributed by atoms with Gasteiger partial charge in [0.25, 0.3) is 0 Å². The second-order valence-corrected chi connectivity index (χ2v) is 8.55. The normalized spacial score (nSPS) is 20.8. The third-order valence-corrected chi connectivity index (χ3v) is 7.04. The van der Waals surface area contributed by atoms with Gasteiger partial charge in [-0.25, -0.2) is 0 Å². The number of hydrogen-bond acceptors (Lipinski definition) is 0. The minimum absolute atomic E-state index is 0.625. The molecule has 0 heterocycles. The van der Waals surface area contributed by atoms with E-state index >= 15 is 0 Å². The minimum atomic E-state index is 0.625. The Kier molecular flexibility index (Phi) is 3.12. The van der Waals surface area contributed by atoms with Crippen LogP contribution in [0.3, 0.4) is 0 Å². The van der Waals surface area contributed by atoms with E-state index in [4.69, 9.17) is 0 Å². The van der Waals surface area contributed by atoms with Crippen LogP contribution in [0.4, 0.5) is 0 Å². The summed E-state index contributed by atoms with van der Waals surface area (Å²) in [6.45, 7) is 4.63. The summed E-state index contributed by atoms with van der Waals surface area (Å²) in [7, 11) is 0. The van der Waals surface area contributed by atoms with Gasteiger partial charge in [0, 0.05) is 0 Å². The Morgan fingerprint density at radius 2 is 1.63 bits per heavy atom. The largest absolute Gasteiger partial charge is 0.0648 e. The van der Waals surface area contributed by atoms with E-state index in [1.807, 2.05) is 0 Å². The molecular formula is C27H24. The number of hydrogen-bond donors (Lipinski definition) is 0. The fourth-order valence-corrected chi connectivity index (χ4v) is 5.20. The van der Waals surface area contributed by atoms with Gasteiger partial charge >= 0.3 is 0 Å². The standard InChI is InChI=1S/C27H24/c1-3-16(2)17-8-10-21-24(13-17)22-11-9-20-12-18-6-4-5-7-19(18)14-23(20)27(22)26-15-25(21)26/h4-14,16,25-26H,3,15H2,1-2H3. The smallest absolute Gasteiger partial charge is 0.00743 e. The molecular weight excluding hydrogens is 324 g/mol. The molecule has 0 nitrogen and oxygen atoms in total. The SMILES string of the molecule is CCC(C)c1ccc2c(c1)-c1ccc3cc4ccccc4cc3c1C1CC21. The molecule has 3 unspecified atom stereocenters. The van der Waals surface area contributed by atoms with Gasteiger partial charge in [-0.15, -0.1) is 0 Å². The lowest BCUT2D eigenvalue weighted by Crippen LogP contribution is -2.02. The lowest BCUT2D eigenvalue weighted by molar-refractivity contribution is 0.733. The van der Waals surface area contributed by atoms with Crippen LogP contribution in [-0.4, -0.2) is 0 Å². The molecule has 3 atom stereocenters. The van der Waals surface area contributed by atoms with Crippen LogP contribution in [0.15, 0.2) is 66.7 Å². The van der Waals surface area contributed by atoms with Gasteiger partial charge in [0.2, 0.25) is 0 Å². The maximum absolute atomic E-state index is 2.49. The van der Waals surface area contributed by atoms with Crippen molar-refractivity contribution < 1.29 is 0 Å². The molecule has 0 bridgehead atoms. The van der Waals surface area contributed by atoms with Crippen molar-refractivity contribution in [3.63, 3.8) is 0 Å². The molecule has 132 valence electrons. The Labute approximate surface area is 160 Å². The highest BCUT2D eigenvalue weighted by Crippen LogP contribution is 2.63. The lowest BCUT2D eigenvalue weighted by atomic mass is 9.81. The summed E-state index contributed by atoms with van der Waals surface area (Å²) in [6.07, 6.45) is 2.51. The first-order valence-corrected chi connectivity index (χ1v) is 10.3. The number of fused-ring (bicyclic) bond motifs is 9. The first-order valence-electron chi connectivity index (χ1n) is 10.3. The lowest BCUT2D eigenvalue weighted by Gasteiger charge is -2.23.